The van der Waals surface area contributed by atoms with E-state index >= 15 is 0 Å². The highest BCUT2D eigenvalue weighted by Crippen LogP contribution is 2.16. The molecule has 2 aromatic rings. The van der Waals surface area contributed by atoms with Gasteiger partial charge in [-0.05, 0) is 48.5 Å². The van der Waals surface area contributed by atoms with Gasteiger partial charge in [-0.1, -0.05) is 0 Å². The van der Waals surface area contributed by atoms with Crippen molar-refractivity contribution in [3.8, 4) is 0 Å². The average Bonchev–Trinajstić information content (AvgIpc) is 2.56. The molecule has 0 atom stereocenters. The van der Waals surface area contributed by atoms with E-state index in [2.05, 4.69) is 16.0 Å². The lowest BCUT2D eigenvalue weighted by molar-refractivity contribution is -0.116. The standard InChI is InChI=1S/C19H24N4O2/c1-14(24)21-16-6-4-15(5-7-16)20-13-12-19(25)22-17-8-10-18(11-9-17)23(2)3/h4-11,20H,12-13H2,1-3H3,(H,21,24)(H,22,25). The first kappa shape index (κ1) is 18.3. The molecule has 0 aliphatic rings. The number of amides is 2. The predicted octanol–water partition coefficient (Wildman–Crippen LogP) is 3.15. The second-order valence-corrected chi connectivity index (χ2v) is 5.92. The number of carbonyl (C=O) groups excluding carboxylic acids is 2. The summed E-state index contributed by atoms with van der Waals surface area (Å²) in [5.74, 6) is -0.143. The van der Waals surface area contributed by atoms with Crippen molar-refractivity contribution in [1.82, 2.24) is 0 Å². The molecule has 2 aromatic carbocycles. The van der Waals surface area contributed by atoms with Gasteiger partial charge < -0.3 is 20.9 Å². The van der Waals surface area contributed by atoms with E-state index < -0.39 is 0 Å². The first-order chi connectivity index (χ1) is 11.9. The molecule has 0 bridgehead atoms. The van der Waals surface area contributed by atoms with Crippen LogP contribution in [0.2, 0.25) is 0 Å². The Kier molecular flexibility index (Phi) is 6.39. The van der Waals surface area contributed by atoms with Crippen LogP contribution in [0.3, 0.4) is 0 Å². The van der Waals surface area contributed by atoms with Crippen LogP contribution in [0.5, 0.6) is 0 Å². The van der Waals surface area contributed by atoms with E-state index in [0.29, 0.717) is 13.0 Å². The zero-order valence-electron chi connectivity index (χ0n) is 14.8. The van der Waals surface area contributed by atoms with Gasteiger partial charge in [0.05, 0.1) is 0 Å². The fraction of sp³-hybridized carbons (Fsp3) is 0.263. The van der Waals surface area contributed by atoms with Crippen LogP contribution in [0.15, 0.2) is 48.5 Å². The summed E-state index contributed by atoms with van der Waals surface area (Å²) < 4.78 is 0. The van der Waals surface area contributed by atoms with Gasteiger partial charge in [0, 0.05) is 56.7 Å². The normalized spacial score (nSPS) is 10.0. The molecular weight excluding hydrogens is 316 g/mol. The Morgan fingerprint density at radius 3 is 1.92 bits per heavy atom. The van der Waals surface area contributed by atoms with E-state index in [-0.39, 0.29) is 11.8 Å². The minimum atomic E-state index is -0.101. The molecule has 0 saturated heterocycles. The van der Waals surface area contributed by atoms with Gasteiger partial charge in [0.15, 0.2) is 0 Å². The lowest BCUT2D eigenvalue weighted by atomic mass is 10.2. The lowest BCUT2D eigenvalue weighted by Gasteiger charge is -2.13. The van der Waals surface area contributed by atoms with E-state index in [1.165, 1.54) is 6.92 Å². The molecule has 0 saturated carbocycles. The molecule has 6 heteroatoms. The SMILES string of the molecule is CC(=O)Nc1ccc(NCCC(=O)Nc2ccc(N(C)C)cc2)cc1. The maximum absolute atomic E-state index is 12.0. The minimum absolute atomic E-state index is 0.0417. The molecule has 0 spiro atoms. The molecule has 0 heterocycles. The molecule has 0 aromatic heterocycles. The molecular formula is C19H24N4O2. The molecule has 3 N–H and O–H groups in total. The van der Waals surface area contributed by atoms with Crippen LogP contribution in [-0.2, 0) is 9.59 Å². The van der Waals surface area contributed by atoms with E-state index in [4.69, 9.17) is 0 Å². The van der Waals surface area contributed by atoms with Crippen molar-refractivity contribution >= 4 is 34.6 Å². The van der Waals surface area contributed by atoms with Crippen molar-refractivity contribution < 1.29 is 9.59 Å². The number of anilines is 4. The molecule has 2 amide bonds. The van der Waals surface area contributed by atoms with Crippen molar-refractivity contribution in [3.05, 3.63) is 48.5 Å². The van der Waals surface area contributed by atoms with Crippen LogP contribution in [0.4, 0.5) is 22.7 Å². The molecule has 0 unspecified atom stereocenters. The first-order valence-electron chi connectivity index (χ1n) is 8.13. The van der Waals surface area contributed by atoms with Crippen LogP contribution < -0.4 is 20.9 Å². The second kappa shape index (κ2) is 8.73. The summed E-state index contributed by atoms with van der Waals surface area (Å²) in [5, 5.41) is 8.78. The van der Waals surface area contributed by atoms with E-state index in [9.17, 15) is 9.59 Å². The highest BCUT2D eigenvalue weighted by atomic mass is 16.2. The van der Waals surface area contributed by atoms with Crippen LogP contribution in [0.1, 0.15) is 13.3 Å². The van der Waals surface area contributed by atoms with Gasteiger partial charge in [-0.15, -0.1) is 0 Å². The minimum Gasteiger partial charge on any atom is -0.385 e. The zero-order valence-corrected chi connectivity index (χ0v) is 14.8. The van der Waals surface area contributed by atoms with Gasteiger partial charge in [-0.2, -0.15) is 0 Å². The highest BCUT2D eigenvalue weighted by molar-refractivity contribution is 5.91. The molecule has 6 nitrogen and oxygen atoms in total. The Morgan fingerprint density at radius 2 is 1.36 bits per heavy atom. The molecule has 25 heavy (non-hydrogen) atoms. The number of carbonyl (C=O) groups is 2. The van der Waals surface area contributed by atoms with Crippen LogP contribution >= 0.6 is 0 Å². The number of benzene rings is 2. The summed E-state index contributed by atoms with van der Waals surface area (Å²) >= 11 is 0. The van der Waals surface area contributed by atoms with Crippen LogP contribution in [0.25, 0.3) is 0 Å². The van der Waals surface area contributed by atoms with Gasteiger partial charge >= 0.3 is 0 Å². The Morgan fingerprint density at radius 1 is 0.840 bits per heavy atom. The monoisotopic (exact) mass is 340 g/mol. The number of hydrogen-bond acceptors (Lipinski definition) is 4. The van der Waals surface area contributed by atoms with E-state index in [0.717, 1.165) is 22.7 Å². The summed E-state index contributed by atoms with van der Waals surface area (Å²) in [5.41, 5.74) is 3.52. The average molecular weight is 340 g/mol. The van der Waals surface area contributed by atoms with Crippen molar-refractivity contribution in [2.75, 3.05) is 41.5 Å². The fourth-order valence-electron chi connectivity index (χ4n) is 2.26. The molecule has 0 fully saturated rings. The third-order valence-corrected chi connectivity index (χ3v) is 3.55. The van der Waals surface area contributed by atoms with Crippen molar-refractivity contribution in [3.63, 3.8) is 0 Å². The second-order valence-electron chi connectivity index (χ2n) is 5.92. The van der Waals surface area contributed by atoms with Crippen LogP contribution in [0, 0.1) is 0 Å². The van der Waals surface area contributed by atoms with Gasteiger partial charge in [-0.25, -0.2) is 0 Å². The van der Waals surface area contributed by atoms with E-state index in [1.807, 2.05) is 67.5 Å². The quantitative estimate of drug-likeness (QED) is 0.724. The topological polar surface area (TPSA) is 73.5 Å². The maximum Gasteiger partial charge on any atom is 0.226 e. The maximum atomic E-state index is 12.0. The van der Waals surface area contributed by atoms with Gasteiger partial charge in [0.25, 0.3) is 0 Å². The Hall–Kier alpha value is -3.02. The van der Waals surface area contributed by atoms with Crippen molar-refractivity contribution in [2.24, 2.45) is 0 Å². The van der Waals surface area contributed by atoms with Crippen molar-refractivity contribution in [2.45, 2.75) is 13.3 Å². The van der Waals surface area contributed by atoms with Gasteiger partial charge in [-0.3, -0.25) is 9.59 Å². The van der Waals surface area contributed by atoms with Gasteiger partial charge in [0.1, 0.15) is 0 Å². The number of rotatable bonds is 7. The zero-order chi connectivity index (χ0) is 18.2. The Labute approximate surface area is 148 Å². The van der Waals surface area contributed by atoms with Crippen molar-refractivity contribution in [1.29, 1.82) is 0 Å². The van der Waals surface area contributed by atoms with E-state index in [1.54, 1.807) is 0 Å². The molecule has 132 valence electrons. The number of nitrogens with one attached hydrogen (secondary N) is 3. The van der Waals surface area contributed by atoms with Gasteiger partial charge in [0.2, 0.25) is 11.8 Å². The summed E-state index contributed by atoms with van der Waals surface area (Å²) in [7, 11) is 3.95. The molecule has 0 aliphatic carbocycles. The lowest BCUT2D eigenvalue weighted by Crippen LogP contribution is -2.16. The molecule has 0 aliphatic heterocycles. The summed E-state index contributed by atoms with van der Waals surface area (Å²) in [6, 6.07) is 15.1. The third-order valence-electron chi connectivity index (χ3n) is 3.55. The third kappa shape index (κ3) is 6.18. The number of hydrogen-bond donors (Lipinski definition) is 3. The largest absolute Gasteiger partial charge is 0.385 e. The van der Waals surface area contributed by atoms with Crippen LogP contribution in [-0.4, -0.2) is 32.5 Å². The summed E-state index contributed by atoms with van der Waals surface area (Å²) in [4.78, 5) is 25.0. The first-order valence-corrected chi connectivity index (χ1v) is 8.13. The number of nitrogens with zero attached hydrogens (tertiary/aromatic N) is 1. The summed E-state index contributed by atoms with van der Waals surface area (Å²) in [6.07, 6.45) is 0.364. The Balaban J connectivity index is 1.75. The fourth-order valence-corrected chi connectivity index (χ4v) is 2.26. The molecule has 2 rings (SSSR count). The Bertz CT molecular complexity index is 709. The smallest absolute Gasteiger partial charge is 0.226 e. The summed E-state index contributed by atoms with van der Waals surface area (Å²) in [6.45, 7) is 2.00. The highest BCUT2D eigenvalue weighted by Gasteiger charge is 2.03. The predicted molar refractivity (Wildman–Crippen MR) is 103 cm³/mol. The molecule has 0 radical (unpaired) electrons.